The number of fused-ring (bicyclic) bond motifs is 4. The van der Waals surface area contributed by atoms with E-state index in [1.165, 1.54) is 34.3 Å². The Kier molecular flexibility index (Phi) is 2.75. The van der Waals surface area contributed by atoms with E-state index in [2.05, 4.69) is 51.0 Å². The van der Waals surface area contributed by atoms with Crippen molar-refractivity contribution >= 4 is 22.5 Å². The summed E-state index contributed by atoms with van der Waals surface area (Å²) >= 11 is 0. The van der Waals surface area contributed by atoms with Crippen LogP contribution in [0.3, 0.4) is 0 Å². The molecule has 0 fully saturated rings. The van der Waals surface area contributed by atoms with Gasteiger partial charge in [0.2, 0.25) is 0 Å². The van der Waals surface area contributed by atoms with E-state index in [1.807, 2.05) is 0 Å². The van der Waals surface area contributed by atoms with Crippen molar-refractivity contribution in [3.05, 3.63) is 47.4 Å². The molecule has 2 aromatic heterocycles. The maximum absolute atomic E-state index is 4.69. The van der Waals surface area contributed by atoms with E-state index in [1.54, 1.807) is 6.33 Å². The number of para-hydroxylation sites is 1. The van der Waals surface area contributed by atoms with Crippen molar-refractivity contribution in [2.75, 3.05) is 11.4 Å². The van der Waals surface area contributed by atoms with Gasteiger partial charge in [0.1, 0.15) is 17.8 Å². The average Bonchev–Trinajstić information content (AvgIpc) is 3.15. The normalized spacial score (nSPS) is 19.9. The molecule has 0 saturated heterocycles. The number of hydrogen-bond donors (Lipinski definition) is 1. The highest BCUT2D eigenvalue weighted by Gasteiger charge is 2.27. The molecular formula is C19H20N4. The van der Waals surface area contributed by atoms with Gasteiger partial charge in [-0.15, -0.1) is 0 Å². The van der Waals surface area contributed by atoms with Gasteiger partial charge in [-0.2, -0.15) is 0 Å². The SMILES string of the molecule is CC1CCc2[nH]c3ncnc(N4CCc5ccccc54)c3c2C1. The van der Waals surface area contributed by atoms with Gasteiger partial charge in [-0.1, -0.05) is 25.1 Å². The summed E-state index contributed by atoms with van der Waals surface area (Å²) in [6.45, 7) is 3.34. The first kappa shape index (κ1) is 13.1. The minimum atomic E-state index is 0.737. The van der Waals surface area contributed by atoms with Gasteiger partial charge >= 0.3 is 0 Å². The molecule has 23 heavy (non-hydrogen) atoms. The number of H-pyrrole nitrogens is 1. The molecule has 2 aliphatic rings. The molecule has 1 atom stereocenters. The van der Waals surface area contributed by atoms with Crippen molar-refractivity contribution in [1.29, 1.82) is 0 Å². The van der Waals surface area contributed by atoms with Crippen LogP contribution in [0, 0.1) is 5.92 Å². The summed E-state index contributed by atoms with van der Waals surface area (Å²) in [6, 6.07) is 8.67. The molecule has 3 aromatic rings. The molecule has 0 bridgehead atoms. The summed E-state index contributed by atoms with van der Waals surface area (Å²) in [5, 5.41) is 1.24. The molecule has 1 aliphatic carbocycles. The number of anilines is 2. The summed E-state index contributed by atoms with van der Waals surface area (Å²) < 4.78 is 0. The lowest BCUT2D eigenvalue weighted by atomic mass is 9.88. The van der Waals surface area contributed by atoms with E-state index in [-0.39, 0.29) is 0 Å². The van der Waals surface area contributed by atoms with E-state index in [0.29, 0.717) is 0 Å². The van der Waals surface area contributed by atoms with E-state index < -0.39 is 0 Å². The molecule has 0 amide bonds. The minimum Gasteiger partial charge on any atom is -0.343 e. The monoisotopic (exact) mass is 304 g/mol. The molecule has 0 spiro atoms. The predicted molar refractivity (Wildman–Crippen MR) is 92.2 cm³/mol. The Morgan fingerprint density at radius 1 is 1.17 bits per heavy atom. The lowest BCUT2D eigenvalue weighted by Gasteiger charge is -2.22. The van der Waals surface area contributed by atoms with Gasteiger partial charge in [0.25, 0.3) is 0 Å². The van der Waals surface area contributed by atoms with Crippen LogP contribution >= 0.6 is 0 Å². The van der Waals surface area contributed by atoms with Crippen LogP contribution in [0.2, 0.25) is 0 Å². The number of hydrogen-bond acceptors (Lipinski definition) is 3. The number of aromatic nitrogens is 3. The largest absolute Gasteiger partial charge is 0.343 e. The first-order chi connectivity index (χ1) is 11.3. The van der Waals surface area contributed by atoms with E-state index in [9.17, 15) is 0 Å². The van der Waals surface area contributed by atoms with Crippen LogP contribution in [0.4, 0.5) is 11.5 Å². The zero-order valence-electron chi connectivity index (χ0n) is 13.3. The number of nitrogens with zero attached hydrogens (tertiary/aromatic N) is 3. The lowest BCUT2D eigenvalue weighted by molar-refractivity contribution is 0.499. The summed E-state index contributed by atoms with van der Waals surface area (Å²) in [5.74, 6) is 1.81. The first-order valence-corrected chi connectivity index (χ1v) is 8.51. The van der Waals surface area contributed by atoms with Gasteiger partial charge in [-0.05, 0) is 48.8 Å². The topological polar surface area (TPSA) is 44.8 Å². The van der Waals surface area contributed by atoms with Crippen LogP contribution in [0.1, 0.15) is 30.2 Å². The van der Waals surface area contributed by atoms with Crippen molar-refractivity contribution < 1.29 is 0 Å². The fraction of sp³-hybridized carbons (Fsp3) is 0.368. The zero-order valence-corrected chi connectivity index (χ0v) is 13.3. The third-order valence-corrected chi connectivity index (χ3v) is 5.35. The lowest BCUT2D eigenvalue weighted by Crippen LogP contribution is -2.16. The minimum absolute atomic E-state index is 0.737. The van der Waals surface area contributed by atoms with Crippen molar-refractivity contribution in [3.63, 3.8) is 0 Å². The number of aryl methyl sites for hydroxylation is 1. The third-order valence-electron chi connectivity index (χ3n) is 5.35. The van der Waals surface area contributed by atoms with Crippen LogP contribution in [0.15, 0.2) is 30.6 Å². The van der Waals surface area contributed by atoms with E-state index in [4.69, 9.17) is 0 Å². The predicted octanol–water partition coefficient (Wildman–Crippen LogP) is 3.78. The molecule has 0 saturated carbocycles. The summed E-state index contributed by atoms with van der Waals surface area (Å²) in [5.41, 5.74) is 6.52. The number of benzene rings is 1. The van der Waals surface area contributed by atoms with Crippen LogP contribution in [-0.2, 0) is 19.3 Å². The van der Waals surface area contributed by atoms with Gasteiger partial charge in [-0.25, -0.2) is 9.97 Å². The van der Waals surface area contributed by atoms with Gasteiger partial charge in [0.05, 0.1) is 5.39 Å². The van der Waals surface area contributed by atoms with Crippen molar-refractivity contribution in [1.82, 2.24) is 15.0 Å². The Labute approximate surface area is 135 Å². The molecule has 4 heteroatoms. The standard InChI is InChI=1S/C19H20N4/c1-12-6-7-15-14(10-12)17-18(22-15)20-11-21-19(17)23-9-8-13-4-2-3-5-16(13)23/h2-5,11-12H,6-10H2,1H3,(H,20,21,22). The fourth-order valence-corrected chi connectivity index (χ4v) is 4.16. The van der Waals surface area contributed by atoms with Gasteiger partial charge < -0.3 is 9.88 Å². The number of rotatable bonds is 1. The van der Waals surface area contributed by atoms with Crippen LogP contribution in [-0.4, -0.2) is 21.5 Å². The second-order valence-electron chi connectivity index (χ2n) is 6.88. The Hall–Kier alpha value is -2.36. The quantitative estimate of drug-likeness (QED) is 0.744. The summed E-state index contributed by atoms with van der Waals surface area (Å²) in [4.78, 5) is 15.1. The molecule has 0 radical (unpaired) electrons. The molecular weight excluding hydrogens is 284 g/mol. The van der Waals surface area contributed by atoms with Crippen LogP contribution in [0.5, 0.6) is 0 Å². The van der Waals surface area contributed by atoms with Gasteiger partial charge in [-0.3, -0.25) is 0 Å². The van der Waals surface area contributed by atoms with Gasteiger partial charge in [0, 0.05) is 17.9 Å². The van der Waals surface area contributed by atoms with Crippen molar-refractivity contribution in [2.24, 2.45) is 5.92 Å². The van der Waals surface area contributed by atoms with Gasteiger partial charge in [0.15, 0.2) is 0 Å². The zero-order chi connectivity index (χ0) is 15.4. The molecule has 1 aromatic carbocycles. The number of nitrogens with one attached hydrogen (secondary N) is 1. The highest BCUT2D eigenvalue weighted by atomic mass is 15.2. The third kappa shape index (κ3) is 1.90. The molecule has 116 valence electrons. The maximum atomic E-state index is 4.69. The molecule has 4 nitrogen and oxygen atoms in total. The fourth-order valence-electron chi connectivity index (χ4n) is 4.16. The molecule has 3 heterocycles. The van der Waals surface area contributed by atoms with Crippen molar-refractivity contribution in [2.45, 2.75) is 32.6 Å². The van der Waals surface area contributed by atoms with E-state index >= 15 is 0 Å². The Morgan fingerprint density at radius 3 is 3.04 bits per heavy atom. The summed E-state index contributed by atoms with van der Waals surface area (Å²) in [6.07, 6.45) is 6.30. The summed E-state index contributed by atoms with van der Waals surface area (Å²) in [7, 11) is 0. The van der Waals surface area contributed by atoms with Crippen molar-refractivity contribution in [3.8, 4) is 0 Å². The van der Waals surface area contributed by atoms with Crippen LogP contribution < -0.4 is 4.90 Å². The highest BCUT2D eigenvalue weighted by Crippen LogP contribution is 2.40. The number of aromatic amines is 1. The Bertz CT molecular complexity index is 896. The van der Waals surface area contributed by atoms with Crippen LogP contribution in [0.25, 0.3) is 11.0 Å². The second kappa shape index (κ2) is 4.82. The molecule has 1 N–H and O–H groups in total. The molecule has 1 aliphatic heterocycles. The molecule has 1 unspecified atom stereocenters. The second-order valence-corrected chi connectivity index (χ2v) is 6.88. The maximum Gasteiger partial charge on any atom is 0.146 e. The Morgan fingerprint density at radius 2 is 2.09 bits per heavy atom. The highest BCUT2D eigenvalue weighted by molar-refractivity contribution is 5.94. The first-order valence-electron chi connectivity index (χ1n) is 8.51. The average molecular weight is 304 g/mol. The molecule has 5 rings (SSSR count). The van der Waals surface area contributed by atoms with E-state index in [0.717, 1.165) is 43.2 Å². The smallest absolute Gasteiger partial charge is 0.146 e. The Balaban J connectivity index is 1.72.